The Morgan fingerprint density at radius 1 is 1.25 bits per heavy atom. The predicted octanol–water partition coefficient (Wildman–Crippen LogP) is 1.63. The lowest BCUT2D eigenvalue weighted by molar-refractivity contribution is 0.122. The lowest BCUT2D eigenvalue weighted by atomic mass is 10.4. The molecule has 2 aromatic heterocycles. The standard InChI is InChI=1S/C10H11N3O2S/c1-3-14-4-2-13(1)10-12-9(6-16-10)8-5-15-7-11-8/h5-7H,1-4H2. The smallest absolute Gasteiger partial charge is 0.186 e. The van der Waals surface area contributed by atoms with Gasteiger partial charge in [-0.15, -0.1) is 11.3 Å². The molecule has 1 aliphatic heterocycles. The number of hydrogen-bond acceptors (Lipinski definition) is 6. The Hall–Kier alpha value is -1.40. The third-order valence-electron chi connectivity index (χ3n) is 2.47. The Morgan fingerprint density at radius 3 is 2.88 bits per heavy atom. The van der Waals surface area contributed by atoms with Crippen LogP contribution >= 0.6 is 11.3 Å². The van der Waals surface area contributed by atoms with E-state index in [0.717, 1.165) is 42.8 Å². The maximum Gasteiger partial charge on any atom is 0.186 e. The predicted molar refractivity (Wildman–Crippen MR) is 60.6 cm³/mol. The van der Waals surface area contributed by atoms with Crippen molar-refractivity contribution in [3.8, 4) is 11.4 Å². The Kier molecular flexibility index (Phi) is 2.59. The number of hydrogen-bond donors (Lipinski definition) is 0. The van der Waals surface area contributed by atoms with E-state index in [9.17, 15) is 0 Å². The first-order valence-electron chi connectivity index (χ1n) is 5.10. The van der Waals surface area contributed by atoms with Crippen molar-refractivity contribution >= 4 is 16.5 Å². The van der Waals surface area contributed by atoms with Gasteiger partial charge in [0, 0.05) is 18.5 Å². The molecule has 0 unspecified atom stereocenters. The highest BCUT2D eigenvalue weighted by atomic mass is 32.1. The fraction of sp³-hybridized carbons (Fsp3) is 0.400. The number of rotatable bonds is 2. The number of nitrogens with zero attached hydrogens (tertiary/aromatic N) is 3. The molecule has 0 amide bonds. The third-order valence-corrected chi connectivity index (χ3v) is 3.37. The summed E-state index contributed by atoms with van der Waals surface area (Å²) in [6.45, 7) is 3.37. The van der Waals surface area contributed by atoms with Crippen molar-refractivity contribution < 1.29 is 9.15 Å². The van der Waals surface area contributed by atoms with Crippen molar-refractivity contribution in [3.05, 3.63) is 18.0 Å². The quantitative estimate of drug-likeness (QED) is 0.794. The summed E-state index contributed by atoms with van der Waals surface area (Å²) >= 11 is 1.63. The minimum absolute atomic E-state index is 0.777. The molecule has 1 saturated heterocycles. The van der Waals surface area contributed by atoms with Gasteiger partial charge in [0.2, 0.25) is 0 Å². The average Bonchev–Trinajstić information content (AvgIpc) is 3.01. The topological polar surface area (TPSA) is 51.4 Å². The van der Waals surface area contributed by atoms with Gasteiger partial charge in [0.25, 0.3) is 0 Å². The van der Waals surface area contributed by atoms with Crippen LogP contribution in [0.5, 0.6) is 0 Å². The second kappa shape index (κ2) is 4.23. The fourth-order valence-corrected chi connectivity index (χ4v) is 2.49. The first-order valence-corrected chi connectivity index (χ1v) is 5.98. The molecule has 5 nitrogen and oxygen atoms in total. The highest BCUT2D eigenvalue weighted by Gasteiger charge is 2.15. The minimum atomic E-state index is 0.777. The zero-order valence-corrected chi connectivity index (χ0v) is 9.44. The molecule has 0 aliphatic carbocycles. The number of thiazole rings is 1. The van der Waals surface area contributed by atoms with Gasteiger partial charge >= 0.3 is 0 Å². The van der Waals surface area contributed by atoms with E-state index in [4.69, 9.17) is 9.15 Å². The van der Waals surface area contributed by atoms with Gasteiger partial charge in [-0.3, -0.25) is 0 Å². The van der Waals surface area contributed by atoms with Crippen LogP contribution in [0.3, 0.4) is 0 Å². The van der Waals surface area contributed by atoms with Gasteiger partial charge in [-0.2, -0.15) is 0 Å². The Labute approximate surface area is 96.7 Å². The second-order valence-corrected chi connectivity index (χ2v) is 4.32. The lowest BCUT2D eigenvalue weighted by Crippen LogP contribution is -2.36. The molecule has 0 N–H and O–H groups in total. The molecule has 0 atom stereocenters. The van der Waals surface area contributed by atoms with E-state index in [0.29, 0.717) is 0 Å². The molecule has 3 heterocycles. The van der Waals surface area contributed by atoms with Crippen LogP contribution in [0.2, 0.25) is 0 Å². The Balaban J connectivity index is 1.82. The Bertz CT molecular complexity index is 448. The van der Waals surface area contributed by atoms with Crippen molar-refractivity contribution in [2.24, 2.45) is 0 Å². The molecule has 0 radical (unpaired) electrons. The molecule has 1 fully saturated rings. The third kappa shape index (κ3) is 1.81. The van der Waals surface area contributed by atoms with Gasteiger partial charge in [0.05, 0.1) is 13.2 Å². The first-order chi connectivity index (χ1) is 7.93. The number of ether oxygens (including phenoxy) is 1. The summed E-state index contributed by atoms with van der Waals surface area (Å²) in [6, 6.07) is 0. The molecule has 6 heteroatoms. The summed E-state index contributed by atoms with van der Waals surface area (Å²) in [4.78, 5) is 10.9. The maximum atomic E-state index is 5.31. The number of morpholine rings is 1. The van der Waals surface area contributed by atoms with Crippen LogP contribution < -0.4 is 4.90 Å². The van der Waals surface area contributed by atoms with E-state index >= 15 is 0 Å². The van der Waals surface area contributed by atoms with Crippen molar-refractivity contribution in [2.75, 3.05) is 31.2 Å². The molecule has 0 bridgehead atoms. The minimum Gasteiger partial charge on any atom is -0.451 e. The summed E-state index contributed by atoms with van der Waals surface area (Å²) < 4.78 is 10.3. The summed E-state index contributed by atoms with van der Waals surface area (Å²) in [5.41, 5.74) is 1.66. The van der Waals surface area contributed by atoms with Crippen molar-refractivity contribution in [1.82, 2.24) is 9.97 Å². The summed E-state index contributed by atoms with van der Waals surface area (Å²) in [5.74, 6) is 0. The van der Waals surface area contributed by atoms with Crippen LogP contribution in [0, 0.1) is 0 Å². The molecule has 16 heavy (non-hydrogen) atoms. The number of aromatic nitrogens is 2. The van der Waals surface area contributed by atoms with Crippen LogP contribution in [-0.2, 0) is 4.74 Å². The number of oxazole rings is 1. The highest BCUT2D eigenvalue weighted by molar-refractivity contribution is 7.14. The van der Waals surface area contributed by atoms with Crippen LogP contribution in [0.1, 0.15) is 0 Å². The molecule has 1 aliphatic rings. The molecular formula is C10H11N3O2S. The van der Waals surface area contributed by atoms with E-state index in [1.807, 2.05) is 5.38 Å². The highest BCUT2D eigenvalue weighted by Crippen LogP contribution is 2.26. The molecule has 0 aromatic carbocycles. The normalized spacial score (nSPS) is 16.6. The Morgan fingerprint density at radius 2 is 2.12 bits per heavy atom. The van der Waals surface area contributed by atoms with Gasteiger partial charge in [-0.25, -0.2) is 9.97 Å². The molecule has 84 valence electrons. The van der Waals surface area contributed by atoms with E-state index in [1.165, 1.54) is 6.39 Å². The first kappa shape index (κ1) is 9.80. The van der Waals surface area contributed by atoms with Gasteiger partial charge in [0.1, 0.15) is 17.7 Å². The molecule has 3 rings (SSSR count). The monoisotopic (exact) mass is 237 g/mol. The maximum absolute atomic E-state index is 5.31. The van der Waals surface area contributed by atoms with Crippen LogP contribution in [0.25, 0.3) is 11.4 Å². The van der Waals surface area contributed by atoms with Crippen molar-refractivity contribution in [2.45, 2.75) is 0 Å². The molecule has 2 aromatic rings. The lowest BCUT2D eigenvalue weighted by Gasteiger charge is -2.25. The number of anilines is 1. The fourth-order valence-electron chi connectivity index (χ4n) is 1.62. The van der Waals surface area contributed by atoms with Crippen molar-refractivity contribution in [3.63, 3.8) is 0 Å². The van der Waals surface area contributed by atoms with Gasteiger partial charge in [0.15, 0.2) is 11.5 Å². The molecule has 0 saturated carbocycles. The van der Waals surface area contributed by atoms with E-state index in [1.54, 1.807) is 17.6 Å². The summed E-state index contributed by atoms with van der Waals surface area (Å²) in [5, 5.41) is 3.03. The van der Waals surface area contributed by atoms with E-state index in [2.05, 4.69) is 14.9 Å². The molecular weight excluding hydrogens is 226 g/mol. The zero-order valence-electron chi connectivity index (χ0n) is 8.63. The van der Waals surface area contributed by atoms with Crippen molar-refractivity contribution in [1.29, 1.82) is 0 Å². The van der Waals surface area contributed by atoms with E-state index in [-0.39, 0.29) is 0 Å². The van der Waals surface area contributed by atoms with Crippen LogP contribution in [0.15, 0.2) is 22.5 Å². The van der Waals surface area contributed by atoms with Crippen LogP contribution in [-0.4, -0.2) is 36.3 Å². The van der Waals surface area contributed by atoms with Gasteiger partial charge in [-0.05, 0) is 0 Å². The summed E-state index contributed by atoms with van der Waals surface area (Å²) in [6.07, 6.45) is 3.03. The second-order valence-electron chi connectivity index (χ2n) is 3.49. The van der Waals surface area contributed by atoms with Gasteiger partial charge in [-0.1, -0.05) is 0 Å². The zero-order chi connectivity index (χ0) is 10.8. The average molecular weight is 237 g/mol. The largest absolute Gasteiger partial charge is 0.451 e. The summed E-state index contributed by atoms with van der Waals surface area (Å²) in [7, 11) is 0. The van der Waals surface area contributed by atoms with Crippen LogP contribution in [0.4, 0.5) is 5.13 Å². The molecule has 0 spiro atoms. The van der Waals surface area contributed by atoms with E-state index < -0.39 is 0 Å². The van der Waals surface area contributed by atoms with Gasteiger partial charge < -0.3 is 14.1 Å². The SMILES string of the molecule is c1nc(-c2csc(N3CCOCC3)n2)co1.